The minimum atomic E-state index is 0.0744. The van der Waals surface area contributed by atoms with E-state index in [1.165, 1.54) is 0 Å². The van der Waals surface area contributed by atoms with E-state index in [9.17, 15) is 4.79 Å². The highest BCUT2D eigenvalue weighted by atomic mass is 35.5. The second-order valence-corrected chi connectivity index (χ2v) is 5.59. The van der Waals surface area contributed by atoms with Gasteiger partial charge in [0.05, 0.1) is 0 Å². The molecule has 0 radical (unpaired) electrons. The molecule has 1 aromatic rings. The molecule has 1 amide bonds. The van der Waals surface area contributed by atoms with Gasteiger partial charge in [0.15, 0.2) is 0 Å². The Balaban J connectivity index is 1.90. The summed E-state index contributed by atoms with van der Waals surface area (Å²) in [6.07, 6.45) is 6.41. The molecule has 112 valence electrons. The normalized spacial score (nSPS) is 16.9. The number of hydrogen-bond acceptors (Lipinski definition) is 2. The van der Waals surface area contributed by atoms with Crippen molar-refractivity contribution in [2.45, 2.75) is 6.42 Å². The molecule has 3 nitrogen and oxygen atoms in total. The first-order chi connectivity index (χ1) is 10.2. The van der Waals surface area contributed by atoms with E-state index in [2.05, 4.69) is 11.5 Å². The van der Waals surface area contributed by atoms with Crippen molar-refractivity contribution in [2.75, 3.05) is 32.7 Å². The molecule has 1 aliphatic heterocycles. The molecule has 2 rings (SSSR count). The fourth-order valence-corrected chi connectivity index (χ4v) is 2.53. The predicted molar refractivity (Wildman–Crippen MR) is 88.3 cm³/mol. The van der Waals surface area contributed by atoms with E-state index in [4.69, 9.17) is 11.6 Å². The zero-order chi connectivity index (χ0) is 15.1. The molecule has 0 atom stereocenters. The average Bonchev–Trinajstić information content (AvgIpc) is 2.72. The van der Waals surface area contributed by atoms with Crippen LogP contribution in [-0.2, 0) is 4.79 Å². The number of hydrogen-bond donors (Lipinski definition) is 0. The van der Waals surface area contributed by atoms with Crippen LogP contribution in [0, 0.1) is 0 Å². The molecule has 0 N–H and O–H groups in total. The molecule has 0 saturated carbocycles. The van der Waals surface area contributed by atoms with Gasteiger partial charge in [-0.15, -0.1) is 6.58 Å². The van der Waals surface area contributed by atoms with E-state index in [1.54, 1.807) is 6.08 Å². The Bertz CT molecular complexity index is 510. The Kier molecular flexibility index (Phi) is 6.03. The van der Waals surface area contributed by atoms with E-state index in [0.717, 1.165) is 44.7 Å². The number of benzene rings is 1. The summed E-state index contributed by atoms with van der Waals surface area (Å²) in [6.45, 7) is 8.18. The van der Waals surface area contributed by atoms with Gasteiger partial charge in [-0.1, -0.05) is 29.8 Å². The Labute approximate surface area is 131 Å². The summed E-state index contributed by atoms with van der Waals surface area (Å²) in [5.74, 6) is 0.0744. The Morgan fingerprint density at radius 1 is 1.19 bits per heavy atom. The second kappa shape index (κ2) is 8.01. The summed E-state index contributed by atoms with van der Waals surface area (Å²) >= 11 is 5.84. The minimum Gasteiger partial charge on any atom is -0.338 e. The van der Waals surface area contributed by atoms with Gasteiger partial charge in [-0.25, -0.2) is 0 Å². The van der Waals surface area contributed by atoms with Crippen LogP contribution in [0.4, 0.5) is 0 Å². The zero-order valence-corrected chi connectivity index (χ0v) is 12.9. The molecular weight excluding hydrogens is 284 g/mol. The molecule has 1 aliphatic rings. The molecule has 1 saturated heterocycles. The molecule has 1 heterocycles. The van der Waals surface area contributed by atoms with Crippen molar-refractivity contribution < 1.29 is 4.79 Å². The first-order valence-electron chi connectivity index (χ1n) is 7.25. The number of carbonyl (C=O) groups excluding carboxylic acids is 1. The van der Waals surface area contributed by atoms with E-state index < -0.39 is 0 Å². The SMILES string of the molecule is C=CCN1CCCN(C(=O)/C=C/c2ccc(Cl)cc2)CC1. The van der Waals surface area contributed by atoms with E-state index in [1.807, 2.05) is 41.3 Å². The second-order valence-electron chi connectivity index (χ2n) is 5.15. The fourth-order valence-electron chi connectivity index (χ4n) is 2.40. The van der Waals surface area contributed by atoms with Crippen LogP contribution in [0.1, 0.15) is 12.0 Å². The maximum Gasteiger partial charge on any atom is 0.246 e. The summed E-state index contributed by atoms with van der Waals surface area (Å²) in [7, 11) is 0. The van der Waals surface area contributed by atoms with Crippen molar-refractivity contribution in [3.8, 4) is 0 Å². The Hall–Kier alpha value is -1.58. The third kappa shape index (κ3) is 5.03. The maximum atomic E-state index is 12.2. The minimum absolute atomic E-state index is 0.0744. The zero-order valence-electron chi connectivity index (χ0n) is 12.2. The molecule has 0 spiro atoms. The van der Waals surface area contributed by atoms with Crippen molar-refractivity contribution in [3.63, 3.8) is 0 Å². The standard InChI is InChI=1S/C17H21ClN2O/c1-2-10-19-11-3-12-20(14-13-19)17(21)9-6-15-4-7-16(18)8-5-15/h2,4-9H,1,3,10-14H2/b9-6+. The van der Waals surface area contributed by atoms with Crippen molar-refractivity contribution in [1.82, 2.24) is 9.80 Å². The average molecular weight is 305 g/mol. The number of rotatable bonds is 4. The number of amides is 1. The lowest BCUT2D eigenvalue weighted by Gasteiger charge is -2.19. The van der Waals surface area contributed by atoms with Gasteiger partial charge < -0.3 is 4.90 Å². The smallest absolute Gasteiger partial charge is 0.246 e. The number of carbonyl (C=O) groups is 1. The molecule has 1 aromatic carbocycles. The van der Waals surface area contributed by atoms with Crippen LogP contribution in [-0.4, -0.2) is 48.4 Å². The van der Waals surface area contributed by atoms with Crippen LogP contribution in [0.2, 0.25) is 5.02 Å². The van der Waals surface area contributed by atoms with Crippen LogP contribution in [0.25, 0.3) is 6.08 Å². The highest BCUT2D eigenvalue weighted by Crippen LogP contribution is 2.11. The van der Waals surface area contributed by atoms with Gasteiger partial charge in [0.1, 0.15) is 0 Å². The van der Waals surface area contributed by atoms with Crippen LogP contribution in [0.3, 0.4) is 0 Å². The number of nitrogens with zero attached hydrogens (tertiary/aromatic N) is 2. The lowest BCUT2D eigenvalue weighted by molar-refractivity contribution is -0.125. The van der Waals surface area contributed by atoms with Crippen molar-refractivity contribution in [2.24, 2.45) is 0 Å². The highest BCUT2D eigenvalue weighted by molar-refractivity contribution is 6.30. The Morgan fingerprint density at radius 2 is 1.95 bits per heavy atom. The van der Waals surface area contributed by atoms with E-state index in [0.29, 0.717) is 5.02 Å². The van der Waals surface area contributed by atoms with Gasteiger partial charge in [0.2, 0.25) is 5.91 Å². The van der Waals surface area contributed by atoms with Gasteiger partial charge in [0, 0.05) is 43.8 Å². The van der Waals surface area contributed by atoms with Crippen LogP contribution >= 0.6 is 11.6 Å². The largest absolute Gasteiger partial charge is 0.338 e. The maximum absolute atomic E-state index is 12.2. The Morgan fingerprint density at radius 3 is 2.67 bits per heavy atom. The topological polar surface area (TPSA) is 23.6 Å². The van der Waals surface area contributed by atoms with Crippen LogP contribution in [0.15, 0.2) is 43.0 Å². The highest BCUT2D eigenvalue weighted by Gasteiger charge is 2.16. The predicted octanol–water partition coefficient (Wildman–Crippen LogP) is 3.07. The first kappa shape index (κ1) is 15.8. The monoisotopic (exact) mass is 304 g/mol. The molecular formula is C17H21ClN2O. The quantitative estimate of drug-likeness (QED) is 0.630. The van der Waals surface area contributed by atoms with Gasteiger partial charge in [-0.05, 0) is 30.2 Å². The van der Waals surface area contributed by atoms with Gasteiger partial charge >= 0.3 is 0 Å². The third-order valence-corrected chi connectivity index (χ3v) is 3.83. The fraction of sp³-hybridized carbons (Fsp3) is 0.353. The molecule has 0 bridgehead atoms. The lowest BCUT2D eigenvalue weighted by atomic mass is 10.2. The van der Waals surface area contributed by atoms with Crippen molar-refractivity contribution >= 4 is 23.6 Å². The molecule has 0 unspecified atom stereocenters. The summed E-state index contributed by atoms with van der Waals surface area (Å²) in [5.41, 5.74) is 0.982. The first-order valence-corrected chi connectivity index (χ1v) is 7.62. The summed E-state index contributed by atoms with van der Waals surface area (Å²) in [5, 5.41) is 0.702. The molecule has 0 aliphatic carbocycles. The third-order valence-electron chi connectivity index (χ3n) is 3.58. The van der Waals surface area contributed by atoms with E-state index in [-0.39, 0.29) is 5.91 Å². The lowest BCUT2D eigenvalue weighted by Crippen LogP contribution is -2.34. The molecule has 21 heavy (non-hydrogen) atoms. The van der Waals surface area contributed by atoms with Gasteiger partial charge in [-0.3, -0.25) is 9.69 Å². The van der Waals surface area contributed by atoms with Crippen molar-refractivity contribution in [3.05, 3.63) is 53.6 Å². The van der Waals surface area contributed by atoms with Gasteiger partial charge in [0.25, 0.3) is 0 Å². The molecule has 1 fully saturated rings. The van der Waals surface area contributed by atoms with Crippen LogP contribution in [0.5, 0.6) is 0 Å². The van der Waals surface area contributed by atoms with Gasteiger partial charge in [-0.2, -0.15) is 0 Å². The van der Waals surface area contributed by atoms with E-state index >= 15 is 0 Å². The number of halogens is 1. The molecule has 4 heteroatoms. The van der Waals surface area contributed by atoms with Crippen molar-refractivity contribution in [1.29, 1.82) is 0 Å². The molecule has 0 aromatic heterocycles. The summed E-state index contributed by atoms with van der Waals surface area (Å²) < 4.78 is 0. The summed E-state index contributed by atoms with van der Waals surface area (Å²) in [6, 6.07) is 7.45. The summed E-state index contributed by atoms with van der Waals surface area (Å²) in [4.78, 5) is 16.5. The van der Waals surface area contributed by atoms with Crippen LogP contribution < -0.4 is 0 Å².